The van der Waals surface area contributed by atoms with Crippen LogP contribution in [0.3, 0.4) is 0 Å². The first-order valence-corrected chi connectivity index (χ1v) is 7.58. The number of ether oxygens (including phenoxy) is 1. The van der Waals surface area contributed by atoms with Crippen LogP contribution in [0.25, 0.3) is 0 Å². The van der Waals surface area contributed by atoms with Crippen LogP contribution in [-0.2, 0) is 4.79 Å². The molecule has 22 heavy (non-hydrogen) atoms. The molecule has 1 amide bonds. The molecular weight excluding hydrogens is 276 g/mol. The second-order valence-corrected chi connectivity index (χ2v) is 5.44. The number of benzene rings is 2. The molecule has 1 aliphatic heterocycles. The third-order valence-electron chi connectivity index (χ3n) is 3.79. The third kappa shape index (κ3) is 3.79. The van der Waals surface area contributed by atoms with E-state index in [-0.39, 0.29) is 18.6 Å². The average molecular weight is 296 g/mol. The fourth-order valence-electron chi connectivity index (χ4n) is 2.69. The number of carbonyl (C=O) groups is 1. The number of nitrogens with one attached hydrogen (secondary N) is 1. The van der Waals surface area contributed by atoms with Gasteiger partial charge < -0.3 is 15.0 Å². The number of anilines is 1. The van der Waals surface area contributed by atoms with Gasteiger partial charge in [-0.05, 0) is 30.7 Å². The molecule has 0 spiro atoms. The number of rotatable bonds is 5. The van der Waals surface area contributed by atoms with Gasteiger partial charge in [0, 0.05) is 24.8 Å². The molecule has 1 atom stereocenters. The summed E-state index contributed by atoms with van der Waals surface area (Å²) in [4.78, 5) is 14.3. The van der Waals surface area contributed by atoms with E-state index in [4.69, 9.17) is 4.74 Å². The number of para-hydroxylation sites is 2. The average Bonchev–Trinajstić information content (AvgIpc) is 3.03. The van der Waals surface area contributed by atoms with Gasteiger partial charge in [0.15, 0.2) is 6.61 Å². The van der Waals surface area contributed by atoms with E-state index in [2.05, 4.69) is 22.3 Å². The van der Waals surface area contributed by atoms with E-state index in [0.717, 1.165) is 25.3 Å². The van der Waals surface area contributed by atoms with Crippen molar-refractivity contribution < 1.29 is 9.53 Å². The zero-order valence-corrected chi connectivity index (χ0v) is 12.4. The van der Waals surface area contributed by atoms with Crippen molar-refractivity contribution in [2.24, 2.45) is 0 Å². The van der Waals surface area contributed by atoms with Crippen LogP contribution in [0, 0.1) is 0 Å². The maximum atomic E-state index is 12.0. The summed E-state index contributed by atoms with van der Waals surface area (Å²) < 4.78 is 5.46. The van der Waals surface area contributed by atoms with Crippen molar-refractivity contribution >= 4 is 11.6 Å². The lowest BCUT2D eigenvalue weighted by molar-refractivity contribution is -0.123. The van der Waals surface area contributed by atoms with Crippen molar-refractivity contribution in [3.05, 3.63) is 60.7 Å². The molecule has 2 aromatic rings. The van der Waals surface area contributed by atoms with Crippen molar-refractivity contribution in [3.8, 4) is 5.75 Å². The lowest BCUT2D eigenvalue weighted by Gasteiger charge is -2.19. The van der Waals surface area contributed by atoms with Gasteiger partial charge in [-0.3, -0.25) is 4.79 Å². The second-order valence-electron chi connectivity index (χ2n) is 5.44. The predicted octanol–water partition coefficient (Wildman–Crippen LogP) is 2.46. The van der Waals surface area contributed by atoms with Crippen molar-refractivity contribution in [3.63, 3.8) is 0 Å². The SMILES string of the molecule is O=C(COc1ccccc1)NC1CCN(c2ccccc2)C1. The van der Waals surface area contributed by atoms with Gasteiger partial charge in [-0.15, -0.1) is 0 Å². The lowest BCUT2D eigenvalue weighted by Crippen LogP contribution is -2.39. The first-order valence-electron chi connectivity index (χ1n) is 7.58. The minimum atomic E-state index is -0.0660. The number of hydrogen-bond acceptors (Lipinski definition) is 3. The van der Waals surface area contributed by atoms with Gasteiger partial charge in [0.2, 0.25) is 0 Å². The Morgan fingerprint density at radius 2 is 1.77 bits per heavy atom. The summed E-state index contributed by atoms with van der Waals surface area (Å²) in [6.45, 7) is 1.88. The first-order chi connectivity index (χ1) is 10.8. The Bertz CT molecular complexity index is 601. The molecule has 4 nitrogen and oxygen atoms in total. The van der Waals surface area contributed by atoms with Gasteiger partial charge in [-0.2, -0.15) is 0 Å². The van der Waals surface area contributed by atoms with Crippen LogP contribution in [0.4, 0.5) is 5.69 Å². The highest BCUT2D eigenvalue weighted by molar-refractivity contribution is 5.78. The van der Waals surface area contributed by atoms with Crippen LogP contribution >= 0.6 is 0 Å². The first kappa shape index (κ1) is 14.4. The van der Waals surface area contributed by atoms with Gasteiger partial charge in [-0.1, -0.05) is 36.4 Å². The van der Waals surface area contributed by atoms with E-state index in [0.29, 0.717) is 0 Å². The topological polar surface area (TPSA) is 41.6 Å². The van der Waals surface area contributed by atoms with Crippen molar-refractivity contribution in [1.29, 1.82) is 0 Å². The fraction of sp³-hybridized carbons (Fsp3) is 0.278. The number of amides is 1. The lowest BCUT2D eigenvalue weighted by atomic mass is 10.2. The molecule has 1 fully saturated rings. The van der Waals surface area contributed by atoms with Crippen LogP contribution in [0.1, 0.15) is 6.42 Å². The van der Waals surface area contributed by atoms with E-state index >= 15 is 0 Å². The summed E-state index contributed by atoms with van der Waals surface area (Å²) in [5.74, 6) is 0.652. The van der Waals surface area contributed by atoms with Gasteiger partial charge in [0.05, 0.1) is 0 Å². The van der Waals surface area contributed by atoms with Gasteiger partial charge in [0.25, 0.3) is 5.91 Å². The molecule has 3 rings (SSSR count). The molecule has 0 aromatic heterocycles. The fourth-order valence-corrected chi connectivity index (χ4v) is 2.69. The van der Waals surface area contributed by atoms with Gasteiger partial charge >= 0.3 is 0 Å². The Morgan fingerprint density at radius 3 is 2.50 bits per heavy atom. The highest BCUT2D eigenvalue weighted by Crippen LogP contribution is 2.19. The molecule has 1 unspecified atom stereocenters. The van der Waals surface area contributed by atoms with Gasteiger partial charge in [-0.25, -0.2) is 0 Å². The van der Waals surface area contributed by atoms with Crippen LogP contribution in [0.5, 0.6) is 5.75 Å². The molecular formula is C18H20N2O2. The monoisotopic (exact) mass is 296 g/mol. The molecule has 1 saturated heterocycles. The quantitative estimate of drug-likeness (QED) is 0.921. The van der Waals surface area contributed by atoms with Crippen molar-refractivity contribution in [2.45, 2.75) is 12.5 Å². The smallest absolute Gasteiger partial charge is 0.258 e. The maximum Gasteiger partial charge on any atom is 0.258 e. The predicted molar refractivity (Wildman–Crippen MR) is 87.1 cm³/mol. The molecule has 0 radical (unpaired) electrons. The zero-order valence-electron chi connectivity index (χ0n) is 12.4. The highest BCUT2D eigenvalue weighted by atomic mass is 16.5. The standard InChI is InChI=1S/C18H20N2O2/c21-18(14-22-17-9-5-2-6-10-17)19-15-11-12-20(13-15)16-7-3-1-4-8-16/h1-10,15H,11-14H2,(H,19,21). The minimum absolute atomic E-state index is 0.0614. The van der Waals surface area contributed by atoms with E-state index in [1.807, 2.05) is 48.5 Å². The normalized spacial score (nSPS) is 17.3. The zero-order chi connectivity index (χ0) is 15.2. The molecule has 1 heterocycles. The van der Waals surface area contributed by atoms with Crippen LogP contribution in [0.2, 0.25) is 0 Å². The van der Waals surface area contributed by atoms with E-state index in [9.17, 15) is 4.79 Å². The van der Waals surface area contributed by atoms with Gasteiger partial charge in [0.1, 0.15) is 5.75 Å². The molecule has 4 heteroatoms. The van der Waals surface area contributed by atoms with Crippen LogP contribution in [-0.4, -0.2) is 31.6 Å². The number of carbonyl (C=O) groups excluding carboxylic acids is 1. The van der Waals surface area contributed by atoms with E-state index in [1.165, 1.54) is 5.69 Å². The molecule has 1 N–H and O–H groups in total. The second kappa shape index (κ2) is 6.98. The number of nitrogens with zero attached hydrogens (tertiary/aromatic N) is 1. The molecule has 0 aliphatic carbocycles. The third-order valence-corrected chi connectivity index (χ3v) is 3.79. The minimum Gasteiger partial charge on any atom is -0.484 e. The molecule has 0 saturated carbocycles. The Hall–Kier alpha value is -2.49. The van der Waals surface area contributed by atoms with E-state index < -0.39 is 0 Å². The maximum absolute atomic E-state index is 12.0. The van der Waals surface area contributed by atoms with E-state index in [1.54, 1.807) is 0 Å². The summed E-state index contributed by atoms with van der Waals surface area (Å²) >= 11 is 0. The Morgan fingerprint density at radius 1 is 1.09 bits per heavy atom. The summed E-state index contributed by atoms with van der Waals surface area (Å²) in [6.07, 6.45) is 0.964. The Labute approximate surface area is 130 Å². The molecule has 0 bridgehead atoms. The summed E-state index contributed by atoms with van der Waals surface area (Å²) in [5, 5.41) is 3.04. The largest absolute Gasteiger partial charge is 0.484 e. The summed E-state index contributed by atoms with van der Waals surface area (Å²) in [6, 6.07) is 19.9. The Balaban J connectivity index is 1.45. The van der Waals surface area contributed by atoms with Crippen LogP contribution in [0.15, 0.2) is 60.7 Å². The Kier molecular flexibility index (Phi) is 4.59. The van der Waals surface area contributed by atoms with Crippen LogP contribution < -0.4 is 15.0 Å². The highest BCUT2D eigenvalue weighted by Gasteiger charge is 2.23. The summed E-state index contributed by atoms with van der Waals surface area (Å²) in [5.41, 5.74) is 1.21. The van der Waals surface area contributed by atoms with Crippen molar-refractivity contribution in [1.82, 2.24) is 5.32 Å². The molecule has 114 valence electrons. The number of hydrogen-bond donors (Lipinski definition) is 1. The van der Waals surface area contributed by atoms with Crippen molar-refractivity contribution in [2.75, 3.05) is 24.6 Å². The summed E-state index contributed by atoms with van der Waals surface area (Å²) in [7, 11) is 0. The molecule has 1 aliphatic rings. The molecule has 2 aromatic carbocycles.